The molecule has 4 unspecified atom stereocenters. The van der Waals surface area contributed by atoms with Crippen molar-refractivity contribution in [3.63, 3.8) is 0 Å². The molecule has 0 aliphatic carbocycles. The normalized spacial score (nSPS) is 26.2. The second-order valence-corrected chi connectivity index (χ2v) is 6.46. The standard InChI is InChI=1S/C18H24N2O6/c21-19(22)17-12-18(20(23)24)14(6-8-16-4-2-10-26-16)11-13(17)5-7-15-3-1-9-25-15/h5-8,11-12,15-16,19-21,23H,1-4,9-10H2. The fraction of sp³-hybridized carbons (Fsp3) is 0.444. The third-order valence-corrected chi connectivity index (χ3v) is 4.59. The molecule has 3 rings (SSSR count). The molecule has 0 amide bonds. The Hall–Kier alpha value is -1.62. The maximum absolute atomic E-state index is 11.6. The lowest BCUT2D eigenvalue weighted by Gasteiger charge is -2.19. The van der Waals surface area contributed by atoms with E-state index in [2.05, 4.69) is 0 Å². The van der Waals surface area contributed by atoms with E-state index in [0.717, 1.165) is 25.7 Å². The molecule has 2 saturated heterocycles. The number of rotatable bonds is 6. The molecule has 2 heterocycles. The quantitative estimate of drug-likeness (QED) is 0.557. The minimum Gasteiger partial charge on any atom is -0.595 e. The number of nitrogens with one attached hydrogen (secondary N) is 2. The van der Waals surface area contributed by atoms with Gasteiger partial charge in [-0.25, -0.2) is 10.4 Å². The monoisotopic (exact) mass is 364 g/mol. The van der Waals surface area contributed by atoms with Crippen LogP contribution in [0.1, 0.15) is 36.8 Å². The van der Waals surface area contributed by atoms with Gasteiger partial charge in [0.05, 0.1) is 18.3 Å². The maximum atomic E-state index is 11.6. The molecular weight excluding hydrogens is 340 g/mol. The number of quaternary nitrogens is 2. The van der Waals surface area contributed by atoms with Gasteiger partial charge in [0.1, 0.15) is 0 Å². The molecule has 142 valence electrons. The van der Waals surface area contributed by atoms with Crippen molar-refractivity contribution in [2.24, 2.45) is 0 Å². The molecule has 1 aromatic rings. The van der Waals surface area contributed by atoms with Gasteiger partial charge >= 0.3 is 0 Å². The van der Waals surface area contributed by atoms with Gasteiger partial charge in [-0.3, -0.25) is 0 Å². The first-order valence-corrected chi connectivity index (χ1v) is 8.79. The smallest absolute Gasteiger partial charge is 0.177 e. The van der Waals surface area contributed by atoms with Crippen molar-refractivity contribution in [2.45, 2.75) is 37.9 Å². The predicted molar refractivity (Wildman–Crippen MR) is 94.0 cm³/mol. The average molecular weight is 364 g/mol. The molecule has 2 fully saturated rings. The van der Waals surface area contributed by atoms with Gasteiger partial charge in [-0.15, -0.1) is 0 Å². The van der Waals surface area contributed by atoms with E-state index in [4.69, 9.17) is 9.47 Å². The first kappa shape index (κ1) is 19.2. The Morgan fingerprint density at radius 2 is 1.31 bits per heavy atom. The average Bonchev–Trinajstić information content (AvgIpc) is 3.31. The summed E-state index contributed by atoms with van der Waals surface area (Å²) >= 11 is 0. The summed E-state index contributed by atoms with van der Waals surface area (Å²) in [5, 5.41) is 39.8. The lowest BCUT2D eigenvalue weighted by atomic mass is 10.0. The van der Waals surface area contributed by atoms with E-state index in [1.54, 1.807) is 18.2 Å². The summed E-state index contributed by atoms with van der Waals surface area (Å²) in [5.41, 5.74) is 0.854. The minimum absolute atomic E-state index is 0.0262. The molecule has 0 saturated carbocycles. The summed E-state index contributed by atoms with van der Waals surface area (Å²) in [6.45, 7) is 1.41. The van der Waals surface area contributed by atoms with Crippen LogP contribution in [-0.2, 0) is 9.47 Å². The van der Waals surface area contributed by atoms with Crippen molar-refractivity contribution >= 4 is 23.5 Å². The molecule has 0 radical (unpaired) electrons. The van der Waals surface area contributed by atoms with Crippen LogP contribution in [0.5, 0.6) is 0 Å². The van der Waals surface area contributed by atoms with Crippen LogP contribution >= 0.6 is 0 Å². The molecule has 8 nitrogen and oxygen atoms in total. The van der Waals surface area contributed by atoms with Crippen molar-refractivity contribution in [2.75, 3.05) is 13.2 Å². The van der Waals surface area contributed by atoms with Crippen molar-refractivity contribution in [3.8, 4) is 0 Å². The topological polar surface area (TPSA) is 114 Å². The predicted octanol–water partition coefficient (Wildman–Crippen LogP) is 0.878. The molecule has 2 aliphatic rings. The lowest BCUT2D eigenvalue weighted by molar-refractivity contribution is -0.996. The van der Waals surface area contributed by atoms with E-state index in [9.17, 15) is 20.8 Å². The molecule has 8 heteroatoms. The molecule has 0 bridgehead atoms. The van der Waals surface area contributed by atoms with E-state index in [1.807, 2.05) is 12.2 Å². The zero-order valence-electron chi connectivity index (χ0n) is 14.4. The van der Waals surface area contributed by atoms with Crippen LogP contribution in [0.3, 0.4) is 0 Å². The van der Waals surface area contributed by atoms with Crippen LogP contribution in [0.15, 0.2) is 24.3 Å². The molecular formula is C18H24N2O6. The van der Waals surface area contributed by atoms with Gasteiger partial charge in [-0.05, 0) is 31.7 Å². The van der Waals surface area contributed by atoms with E-state index in [1.165, 1.54) is 6.07 Å². The molecule has 2 aliphatic heterocycles. The van der Waals surface area contributed by atoms with Crippen molar-refractivity contribution < 1.29 is 30.3 Å². The van der Waals surface area contributed by atoms with Gasteiger partial charge in [0.2, 0.25) is 0 Å². The highest BCUT2D eigenvalue weighted by Crippen LogP contribution is 2.25. The summed E-state index contributed by atoms with van der Waals surface area (Å²) in [6.07, 6.45) is 10.8. The van der Waals surface area contributed by atoms with Gasteiger partial charge in [0.25, 0.3) is 0 Å². The highest BCUT2D eigenvalue weighted by molar-refractivity contribution is 5.72. The summed E-state index contributed by atoms with van der Waals surface area (Å²) in [6, 6.07) is 2.82. The van der Waals surface area contributed by atoms with Crippen LogP contribution in [0.2, 0.25) is 0 Å². The fourth-order valence-electron chi connectivity index (χ4n) is 3.21. The Morgan fingerprint density at radius 1 is 0.846 bits per heavy atom. The fourth-order valence-corrected chi connectivity index (χ4v) is 3.21. The van der Waals surface area contributed by atoms with Crippen LogP contribution in [0, 0.1) is 10.4 Å². The van der Waals surface area contributed by atoms with E-state index in [-0.39, 0.29) is 23.6 Å². The maximum Gasteiger partial charge on any atom is 0.177 e. The summed E-state index contributed by atoms with van der Waals surface area (Å²) in [5.74, 6) is 0. The third kappa shape index (κ3) is 4.76. The van der Waals surface area contributed by atoms with Crippen molar-refractivity contribution in [3.05, 3.63) is 45.8 Å². The SMILES string of the molecule is [O-][NH+](O)c1cc([NH+]([O-])O)c(C=CC2CCCO2)cc1C=CC1CCCO1. The van der Waals surface area contributed by atoms with E-state index in [0.29, 0.717) is 24.3 Å². The van der Waals surface area contributed by atoms with Gasteiger partial charge in [-0.2, -0.15) is 10.5 Å². The zero-order valence-corrected chi connectivity index (χ0v) is 14.4. The molecule has 26 heavy (non-hydrogen) atoms. The van der Waals surface area contributed by atoms with Gasteiger partial charge < -0.3 is 19.9 Å². The van der Waals surface area contributed by atoms with Crippen LogP contribution in [0.25, 0.3) is 12.2 Å². The Kier molecular flexibility index (Phi) is 6.52. The molecule has 4 atom stereocenters. The summed E-state index contributed by atoms with van der Waals surface area (Å²) in [4.78, 5) is 0. The van der Waals surface area contributed by atoms with E-state index < -0.39 is 10.5 Å². The molecule has 0 spiro atoms. The Bertz CT molecular complexity index is 609. The van der Waals surface area contributed by atoms with Gasteiger partial charge in [-0.1, -0.05) is 24.3 Å². The molecule has 4 N–H and O–H groups in total. The third-order valence-electron chi connectivity index (χ3n) is 4.59. The first-order chi connectivity index (χ1) is 12.5. The van der Waals surface area contributed by atoms with Crippen LogP contribution in [-0.4, -0.2) is 35.8 Å². The Balaban J connectivity index is 1.93. The Labute approximate surface area is 151 Å². The summed E-state index contributed by atoms with van der Waals surface area (Å²) < 4.78 is 11.0. The number of hydrogen-bond acceptors (Lipinski definition) is 6. The van der Waals surface area contributed by atoms with Crippen molar-refractivity contribution in [1.82, 2.24) is 0 Å². The number of hydrogen-bond donors (Lipinski definition) is 4. The number of ether oxygens (including phenoxy) is 2. The second kappa shape index (κ2) is 8.85. The largest absolute Gasteiger partial charge is 0.595 e. The van der Waals surface area contributed by atoms with Crippen LogP contribution < -0.4 is 10.5 Å². The highest BCUT2D eigenvalue weighted by atomic mass is 16.8. The van der Waals surface area contributed by atoms with Crippen molar-refractivity contribution in [1.29, 1.82) is 0 Å². The lowest BCUT2D eigenvalue weighted by Crippen LogP contribution is -3.01. The first-order valence-electron chi connectivity index (χ1n) is 8.79. The Morgan fingerprint density at radius 3 is 1.65 bits per heavy atom. The molecule has 0 aromatic heterocycles. The number of benzene rings is 1. The highest BCUT2D eigenvalue weighted by Gasteiger charge is 2.19. The van der Waals surface area contributed by atoms with Crippen LogP contribution in [0.4, 0.5) is 11.4 Å². The summed E-state index contributed by atoms with van der Waals surface area (Å²) in [7, 11) is 0. The zero-order chi connectivity index (χ0) is 18.5. The van der Waals surface area contributed by atoms with Gasteiger partial charge in [0, 0.05) is 24.3 Å². The molecule has 1 aromatic carbocycles. The second-order valence-electron chi connectivity index (χ2n) is 6.46. The van der Waals surface area contributed by atoms with E-state index >= 15 is 0 Å². The van der Waals surface area contributed by atoms with Gasteiger partial charge in [0.15, 0.2) is 11.4 Å². The minimum atomic E-state index is -1.16.